The summed E-state index contributed by atoms with van der Waals surface area (Å²) in [4.78, 5) is 23.9. The summed E-state index contributed by atoms with van der Waals surface area (Å²) in [5.74, 6) is 0.172. The minimum absolute atomic E-state index is 0.00681. The molecule has 2 rings (SSSR count). The van der Waals surface area contributed by atoms with Gasteiger partial charge in [-0.05, 0) is 45.1 Å². The molecule has 114 valence electrons. The van der Waals surface area contributed by atoms with Crippen LogP contribution in [0, 0.1) is 5.92 Å². The van der Waals surface area contributed by atoms with Crippen LogP contribution < -0.4 is 16.0 Å². The van der Waals surface area contributed by atoms with Crippen molar-refractivity contribution in [3.05, 3.63) is 0 Å². The summed E-state index contributed by atoms with van der Waals surface area (Å²) in [6.07, 6.45) is 6.50. The van der Waals surface area contributed by atoms with Gasteiger partial charge >= 0.3 is 0 Å². The van der Waals surface area contributed by atoms with Crippen molar-refractivity contribution in [1.82, 2.24) is 16.0 Å². The van der Waals surface area contributed by atoms with Crippen LogP contribution in [0.4, 0.5) is 0 Å². The Kier molecular flexibility index (Phi) is 5.40. The molecule has 1 saturated heterocycles. The Morgan fingerprint density at radius 2 is 1.85 bits per heavy atom. The maximum atomic E-state index is 12.5. The largest absolute Gasteiger partial charge is 0.350 e. The van der Waals surface area contributed by atoms with Crippen molar-refractivity contribution in [1.29, 1.82) is 0 Å². The average Bonchev–Trinajstić information content (AvgIpc) is 2.92. The first-order chi connectivity index (χ1) is 9.58. The lowest BCUT2D eigenvalue weighted by Gasteiger charge is -2.33. The molecule has 3 atom stereocenters. The summed E-state index contributed by atoms with van der Waals surface area (Å²) in [5, 5.41) is 9.37. The predicted octanol–water partition coefficient (Wildman–Crippen LogP) is 0.938. The predicted molar refractivity (Wildman–Crippen MR) is 78.2 cm³/mol. The second kappa shape index (κ2) is 7.07. The molecule has 0 aromatic rings. The molecule has 5 nitrogen and oxygen atoms in total. The molecule has 0 aromatic heterocycles. The molecule has 0 radical (unpaired) electrons. The third-order valence-corrected chi connectivity index (χ3v) is 4.60. The van der Waals surface area contributed by atoms with E-state index in [1.807, 2.05) is 0 Å². The second-order valence-corrected chi connectivity index (χ2v) is 6.22. The van der Waals surface area contributed by atoms with Crippen LogP contribution in [0.25, 0.3) is 0 Å². The summed E-state index contributed by atoms with van der Waals surface area (Å²) in [7, 11) is 0. The van der Waals surface area contributed by atoms with E-state index in [0.717, 1.165) is 45.1 Å². The molecule has 0 spiro atoms. The molecule has 2 fully saturated rings. The van der Waals surface area contributed by atoms with Crippen molar-refractivity contribution >= 4 is 11.8 Å². The van der Waals surface area contributed by atoms with Gasteiger partial charge < -0.3 is 16.0 Å². The van der Waals surface area contributed by atoms with E-state index in [1.165, 1.54) is 6.92 Å². The third-order valence-electron chi connectivity index (χ3n) is 4.60. The Balaban J connectivity index is 1.96. The third kappa shape index (κ3) is 3.95. The highest BCUT2D eigenvalue weighted by Gasteiger charge is 2.33. The van der Waals surface area contributed by atoms with Gasteiger partial charge in [0.05, 0.1) is 0 Å². The van der Waals surface area contributed by atoms with E-state index in [1.54, 1.807) is 0 Å². The van der Waals surface area contributed by atoms with Gasteiger partial charge in [0.15, 0.2) is 0 Å². The fourth-order valence-corrected chi connectivity index (χ4v) is 3.42. The van der Waals surface area contributed by atoms with E-state index in [0.29, 0.717) is 12.0 Å². The summed E-state index contributed by atoms with van der Waals surface area (Å²) in [6.45, 7) is 4.61. The summed E-state index contributed by atoms with van der Waals surface area (Å²) in [5.41, 5.74) is 0. The van der Waals surface area contributed by atoms with E-state index in [4.69, 9.17) is 0 Å². The maximum Gasteiger partial charge on any atom is 0.243 e. The quantitative estimate of drug-likeness (QED) is 0.718. The van der Waals surface area contributed by atoms with Crippen LogP contribution >= 0.6 is 0 Å². The van der Waals surface area contributed by atoms with Crippen molar-refractivity contribution in [2.45, 2.75) is 70.5 Å². The molecule has 1 heterocycles. The zero-order chi connectivity index (χ0) is 14.5. The maximum absolute atomic E-state index is 12.5. The number of rotatable bonds is 4. The van der Waals surface area contributed by atoms with Crippen molar-refractivity contribution in [2.24, 2.45) is 5.92 Å². The first-order valence-corrected chi connectivity index (χ1v) is 7.89. The SMILES string of the molecule is CC(=O)NC(C(=O)NC1CCCNC1C)C1CCCC1. The van der Waals surface area contributed by atoms with Crippen LogP contribution in [0.5, 0.6) is 0 Å². The van der Waals surface area contributed by atoms with Gasteiger partial charge in [-0.25, -0.2) is 0 Å². The normalized spacial score (nSPS) is 28.9. The molecule has 3 N–H and O–H groups in total. The Morgan fingerprint density at radius 3 is 2.45 bits per heavy atom. The summed E-state index contributed by atoms with van der Waals surface area (Å²) in [6, 6.07) is 0.118. The first kappa shape index (κ1) is 15.3. The molecule has 1 aliphatic heterocycles. The minimum Gasteiger partial charge on any atom is -0.350 e. The fraction of sp³-hybridized carbons (Fsp3) is 0.867. The van der Waals surface area contributed by atoms with Gasteiger partial charge in [-0.15, -0.1) is 0 Å². The number of carbonyl (C=O) groups is 2. The molecule has 0 bridgehead atoms. The van der Waals surface area contributed by atoms with Gasteiger partial charge in [-0.3, -0.25) is 9.59 Å². The van der Waals surface area contributed by atoms with E-state index in [-0.39, 0.29) is 23.9 Å². The number of hydrogen-bond donors (Lipinski definition) is 3. The van der Waals surface area contributed by atoms with Crippen molar-refractivity contribution in [3.8, 4) is 0 Å². The molecular weight excluding hydrogens is 254 g/mol. The van der Waals surface area contributed by atoms with Gasteiger partial charge in [0.2, 0.25) is 11.8 Å². The Hall–Kier alpha value is -1.10. The van der Waals surface area contributed by atoms with Gasteiger partial charge in [-0.1, -0.05) is 12.8 Å². The van der Waals surface area contributed by atoms with E-state index in [2.05, 4.69) is 22.9 Å². The van der Waals surface area contributed by atoms with E-state index in [9.17, 15) is 9.59 Å². The lowest BCUT2D eigenvalue weighted by molar-refractivity contribution is -0.130. The highest BCUT2D eigenvalue weighted by Crippen LogP contribution is 2.28. The van der Waals surface area contributed by atoms with E-state index >= 15 is 0 Å². The average molecular weight is 281 g/mol. The van der Waals surface area contributed by atoms with Crippen LogP contribution in [0.3, 0.4) is 0 Å². The number of nitrogens with one attached hydrogen (secondary N) is 3. The molecule has 1 saturated carbocycles. The lowest BCUT2D eigenvalue weighted by Crippen LogP contribution is -2.57. The monoisotopic (exact) mass is 281 g/mol. The van der Waals surface area contributed by atoms with Gasteiger partial charge in [0.25, 0.3) is 0 Å². The molecule has 1 aliphatic carbocycles. The first-order valence-electron chi connectivity index (χ1n) is 7.89. The second-order valence-electron chi connectivity index (χ2n) is 6.22. The molecule has 5 heteroatoms. The molecular formula is C15H27N3O2. The van der Waals surface area contributed by atoms with Crippen LogP contribution in [0.1, 0.15) is 52.4 Å². The smallest absolute Gasteiger partial charge is 0.243 e. The Morgan fingerprint density at radius 1 is 1.15 bits per heavy atom. The highest BCUT2D eigenvalue weighted by atomic mass is 16.2. The van der Waals surface area contributed by atoms with Gasteiger partial charge in [-0.2, -0.15) is 0 Å². The van der Waals surface area contributed by atoms with E-state index < -0.39 is 0 Å². The van der Waals surface area contributed by atoms with Crippen molar-refractivity contribution < 1.29 is 9.59 Å². The fourth-order valence-electron chi connectivity index (χ4n) is 3.42. The molecule has 2 amide bonds. The Labute approximate surface area is 121 Å². The van der Waals surface area contributed by atoms with Gasteiger partial charge in [0, 0.05) is 19.0 Å². The topological polar surface area (TPSA) is 70.2 Å². The molecule has 0 aromatic carbocycles. The van der Waals surface area contributed by atoms with Gasteiger partial charge in [0.1, 0.15) is 6.04 Å². The van der Waals surface area contributed by atoms with Crippen molar-refractivity contribution in [3.63, 3.8) is 0 Å². The Bertz CT molecular complexity index is 353. The van der Waals surface area contributed by atoms with Crippen LogP contribution in [-0.4, -0.2) is 36.5 Å². The highest BCUT2D eigenvalue weighted by molar-refractivity contribution is 5.87. The lowest BCUT2D eigenvalue weighted by atomic mass is 9.95. The number of carbonyl (C=O) groups excluding carboxylic acids is 2. The number of amides is 2. The van der Waals surface area contributed by atoms with Crippen LogP contribution in [0.2, 0.25) is 0 Å². The van der Waals surface area contributed by atoms with Crippen LogP contribution in [-0.2, 0) is 9.59 Å². The number of piperidine rings is 1. The number of hydrogen-bond acceptors (Lipinski definition) is 3. The molecule has 2 aliphatic rings. The zero-order valence-electron chi connectivity index (χ0n) is 12.6. The molecule has 20 heavy (non-hydrogen) atoms. The molecule has 3 unspecified atom stereocenters. The zero-order valence-corrected chi connectivity index (χ0v) is 12.6. The van der Waals surface area contributed by atoms with Crippen molar-refractivity contribution in [2.75, 3.05) is 6.54 Å². The van der Waals surface area contributed by atoms with Crippen LogP contribution in [0.15, 0.2) is 0 Å². The summed E-state index contributed by atoms with van der Waals surface area (Å²) < 4.78 is 0. The standard InChI is InChI=1S/C15H27N3O2/c1-10-13(8-5-9-16-10)18-15(20)14(17-11(2)19)12-6-3-4-7-12/h10,12-14,16H,3-9H2,1-2H3,(H,17,19)(H,18,20). The summed E-state index contributed by atoms with van der Waals surface area (Å²) >= 11 is 0. The minimum atomic E-state index is -0.357.